The lowest BCUT2D eigenvalue weighted by molar-refractivity contribution is -0.128. The standard InChI is InChI=1S/C12H22N2O/c1-5-12(15)14-8-6-13(7-9-14)11(4)10(2)3/h5,10-11H,1,6-9H2,2-4H3. The third-order valence-electron chi connectivity index (χ3n) is 3.34. The van der Waals surface area contributed by atoms with Gasteiger partial charge in [-0.25, -0.2) is 0 Å². The Morgan fingerprint density at radius 3 is 2.13 bits per heavy atom. The molecular weight excluding hydrogens is 188 g/mol. The predicted molar refractivity (Wildman–Crippen MR) is 62.7 cm³/mol. The molecule has 1 heterocycles. The second-order valence-electron chi connectivity index (χ2n) is 4.55. The highest BCUT2D eigenvalue weighted by Gasteiger charge is 2.23. The van der Waals surface area contributed by atoms with Gasteiger partial charge in [0.1, 0.15) is 0 Å². The largest absolute Gasteiger partial charge is 0.337 e. The van der Waals surface area contributed by atoms with Crippen LogP contribution in [0.4, 0.5) is 0 Å². The van der Waals surface area contributed by atoms with E-state index in [9.17, 15) is 4.79 Å². The molecule has 0 N–H and O–H groups in total. The quantitative estimate of drug-likeness (QED) is 0.657. The monoisotopic (exact) mass is 210 g/mol. The fourth-order valence-corrected chi connectivity index (χ4v) is 1.90. The molecule has 15 heavy (non-hydrogen) atoms. The van der Waals surface area contributed by atoms with Crippen LogP contribution in [0.15, 0.2) is 12.7 Å². The van der Waals surface area contributed by atoms with E-state index in [2.05, 4.69) is 32.3 Å². The summed E-state index contributed by atoms with van der Waals surface area (Å²) in [5, 5.41) is 0. The van der Waals surface area contributed by atoms with Crippen LogP contribution >= 0.6 is 0 Å². The van der Waals surface area contributed by atoms with Crippen LogP contribution in [0.25, 0.3) is 0 Å². The molecule has 0 aromatic heterocycles. The van der Waals surface area contributed by atoms with Gasteiger partial charge in [-0.1, -0.05) is 20.4 Å². The number of hydrogen-bond donors (Lipinski definition) is 0. The average Bonchev–Trinajstić information content (AvgIpc) is 2.27. The molecule has 3 nitrogen and oxygen atoms in total. The first-order chi connectivity index (χ1) is 7.06. The summed E-state index contributed by atoms with van der Waals surface area (Å²) in [6, 6.07) is 0.603. The molecule has 1 aliphatic rings. The molecule has 1 fully saturated rings. The molecule has 0 bridgehead atoms. The van der Waals surface area contributed by atoms with Crippen LogP contribution in [-0.4, -0.2) is 47.9 Å². The maximum absolute atomic E-state index is 11.4. The van der Waals surface area contributed by atoms with E-state index >= 15 is 0 Å². The minimum Gasteiger partial charge on any atom is -0.337 e. The van der Waals surface area contributed by atoms with Gasteiger partial charge >= 0.3 is 0 Å². The van der Waals surface area contributed by atoms with Crippen LogP contribution in [0.2, 0.25) is 0 Å². The van der Waals surface area contributed by atoms with Crippen molar-refractivity contribution < 1.29 is 4.79 Å². The molecule has 3 heteroatoms. The van der Waals surface area contributed by atoms with Crippen molar-refractivity contribution in [3.8, 4) is 0 Å². The van der Waals surface area contributed by atoms with E-state index in [1.165, 1.54) is 6.08 Å². The van der Waals surface area contributed by atoms with E-state index in [4.69, 9.17) is 0 Å². The molecule has 0 spiro atoms. The van der Waals surface area contributed by atoms with Crippen LogP contribution in [0, 0.1) is 5.92 Å². The first kappa shape index (κ1) is 12.2. The maximum Gasteiger partial charge on any atom is 0.246 e. The lowest BCUT2D eigenvalue weighted by Gasteiger charge is -2.39. The van der Waals surface area contributed by atoms with Crippen molar-refractivity contribution in [1.29, 1.82) is 0 Å². The number of carbonyl (C=O) groups is 1. The Balaban J connectivity index is 2.42. The molecule has 1 atom stereocenters. The van der Waals surface area contributed by atoms with Crippen LogP contribution in [0.3, 0.4) is 0 Å². The minimum atomic E-state index is 0.0619. The summed E-state index contributed by atoms with van der Waals surface area (Å²) in [6.45, 7) is 13.9. The normalized spacial score (nSPS) is 20.4. The first-order valence-electron chi connectivity index (χ1n) is 5.71. The Labute approximate surface area is 92.7 Å². The van der Waals surface area contributed by atoms with Gasteiger partial charge in [-0.15, -0.1) is 0 Å². The summed E-state index contributed by atoms with van der Waals surface area (Å²) < 4.78 is 0. The van der Waals surface area contributed by atoms with E-state index < -0.39 is 0 Å². The van der Waals surface area contributed by atoms with Crippen molar-refractivity contribution in [3.05, 3.63) is 12.7 Å². The third-order valence-corrected chi connectivity index (χ3v) is 3.34. The molecule has 0 saturated carbocycles. The highest BCUT2D eigenvalue weighted by atomic mass is 16.2. The molecule has 0 aliphatic carbocycles. The molecule has 0 radical (unpaired) electrons. The van der Waals surface area contributed by atoms with E-state index in [1.54, 1.807) is 0 Å². The van der Waals surface area contributed by atoms with Crippen molar-refractivity contribution >= 4 is 5.91 Å². The van der Waals surface area contributed by atoms with Gasteiger partial charge in [0.2, 0.25) is 5.91 Å². The molecule has 0 aromatic rings. The smallest absolute Gasteiger partial charge is 0.246 e. The predicted octanol–water partition coefficient (Wildman–Crippen LogP) is 1.36. The zero-order valence-corrected chi connectivity index (χ0v) is 10.1. The third kappa shape index (κ3) is 3.06. The SMILES string of the molecule is C=CC(=O)N1CCN(C(C)C(C)C)CC1. The lowest BCUT2D eigenvalue weighted by Crippen LogP contribution is -2.52. The van der Waals surface area contributed by atoms with Gasteiger partial charge < -0.3 is 4.90 Å². The first-order valence-corrected chi connectivity index (χ1v) is 5.71. The minimum absolute atomic E-state index is 0.0619. The number of piperazine rings is 1. The van der Waals surface area contributed by atoms with E-state index in [0.29, 0.717) is 12.0 Å². The van der Waals surface area contributed by atoms with Gasteiger partial charge in [-0.2, -0.15) is 0 Å². The zero-order chi connectivity index (χ0) is 11.4. The Hall–Kier alpha value is -0.830. The fraction of sp³-hybridized carbons (Fsp3) is 0.750. The Morgan fingerprint density at radius 2 is 1.73 bits per heavy atom. The Bertz CT molecular complexity index is 230. The summed E-state index contributed by atoms with van der Waals surface area (Å²) in [7, 11) is 0. The van der Waals surface area contributed by atoms with E-state index in [-0.39, 0.29) is 5.91 Å². The van der Waals surface area contributed by atoms with Crippen molar-refractivity contribution in [2.45, 2.75) is 26.8 Å². The zero-order valence-electron chi connectivity index (χ0n) is 10.1. The van der Waals surface area contributed by atoms with E-state index in [1.807, 2.05) is 4.90 Å². The molecule has 1 unspecified atom stereocenters. The fourth-order valence-electron chi connectivity index (χ4n) is 1.90. The summed E-state index contributed by atoms with van der Waals surface area (Å²) in [6.07, 6.45) is 1.40. The van der Waals surface area contributed by atoms with Crippen LogP contribution in [0.5, 0.6) is 0 Å². The number of nitrogens with zero attached hydrogens (tertiary/aromatic N) is 2. The summed E-state index contributed by atoms with van der Waals surface area (Å²) >= 11 is 0. The van der Waals surface area contributed by atoms with Crippen LogP contribution in [-0.2, 0) is 4.79 Å². The van der Waals surface area contributed by atoms with Crippen molar-refractivity contribution in [1.82, 2.24) is 9.80 Å². The van der Waals surface area contributed by atoms with Gasteiger partial charge in [0.15, 0.2) is 0 Å². The van der Waals surface area contributed by atoms with Gasteiger partial charge in [-0.05, 0) is 18.9 Å². The summed E-state index contributed by atoms with van der Waals surface area (Å²) in [4.78, 5) is 15.7. The molecule has 1 amide bonds. The molecule has 1 saturated heterocycles. The second-order valence-corrected chi connectivity index (χ2v) is 4.55. The van der Waals surface area contributed by atoms with Gasteiger partial charge in [0.05, 0.1) is 0 Å². The number of amides is 1. The highest BCUT2D eigenvalue weighted by molar-refractivity contribution is 5.87. The van der Waals surface area contributed by atoms with Gasteiger partial charge in [0, 0.05) is 32.2 Å². The molecule has 0 aromatic carbocycles. The second kappa shape index (κ2) is 5.31. The Morgan fingerprint density at radius 1 is 1.20 bits per heavy atom. The maximum atomic E-state index is 11.4. The number of rotatable bonds is 3. The van der Waals surface area contributed by atoms with E-state index in [0.717, 1.165) is 26.2 Å². The highest BCUT2D eigenvalue weighted by Crippen LogP contribution is 2.13. The van der Waals surface area contributed by atoms with Gasteiger partial charge in [-0.3, -0.25) is 9.69 Å². The summed E-state index contributed by atoms with van der Waals surface area (Å²) in [5.74, 6) is 0.735. The van der Waals surface area contributed by atoms with Crippen molar-refractivity contribution in [2.75, 3.05) is 26.2 Å². The molecular formula is C12H22N2O. The van der Waals surface area contributed by atoms with Crippen LogP contribution in [0.1, 0.15) is 20.8 Å². The molecule has 1 aliphatic heterocycles. The lowest BCUT2D eigenvalue weighted by atomic mass is 10.0. The number of carbonyl (C=O) groups excluding carboxylic acids is 1. The van der Waals surface area contributed by atoms with Crippen molar-refractivity contribution in [3.63, 3.8) is 0 Å². The average molecular weight is 210 g/mol. The number of hydrogen-bond acceptors (Lipinski definition) is 2. The Kier molecular flexibility index (Phi) is 4.33. The van der Waals surface area contributed by atoms with Gasteiger partial charge in [0.25, 0.3) is 0 Å². The topological polar surface area (TPSA) is 23.6 Å². The van der Waals surface area contributed by atoms with Crippen LogP contribution < -0.4 is 0 Å². The molecule has 1 rings (SSSR count). The van der Waals surface area contributed by atoms with Crippen molar-refractivity contribution in [2.24, 2.45) is 5.92 Å². The molecule has 86 valence electrons. The summed E-state index contributed by atoms with van der Waals surface area (Å²) in [5.41, 5.74) is 0.